The van der Waals surface area contributed by atoms with Gasteiger partial charge in [0, 0.05) is 25.8 Å². The Morgan fingerprint density at radius 2 is 1.72 bits per heavy atom. The molecule has 0 unspecified atom stereocenters. The highest BCUT2D eigenvalue weighted by atomic mass is 16.5. The number of imidazole rings is 1. The Labute approximate surface area is 206 Å². The average Bonchev–Trinajstić information content (AvgIpc) is 3.54. The average molecular weight is 487 g/mol. The van der Waals surface area contributed by atoms with Crippen LogP contribution in [0.4, 0.5) is 0 Å². The summed E-state index contributed by atoms with van der Waals surface area (Å²) in [6.07, 6.45) is 0. The molecule has 2 aromatic carbocycles. The zero-order chi connectivity index (χ0) is 25.2. The molecule has 0 saturated heterocycles. The third-order valence-corrected chi connectivity index (χ3v) is 6.27. The van der Waals surface area contributed by atoms with E-state index in [0.717, 1.165) is 22.3 Å². The quantitative estimate of drug-likeness (QED) is 0.356. The standard InChI is InChI=1S/C25H26N8O3/c1-4-31-23-21(24(34)32(25(31)35)13-14-36-3)33(16(2)26-23)15-17-9-11-18(12-10-17)19-7-5-6-8-20(19)22-27-29-30-28-22/h5-12H,4,13-15H2,1-3H3,(H,27,28,29,30). The van der Waals surface area contributed by atoms with Gasteiger partial charge in [-0.1, -0.05) is 48.5 Å². The van der Waals surface area contributed by atoms with Crippen molar-refractivity contribution in [3.05, 3.63) is 80.8 Å². The van der Waals surface area contributed by atoms with Gasteiger partial charge in [0.2, 0.25) is 0 Å². The molecular formula is C25H26N8O3. The number of aryl methyl sites for hydroxylation is 2. The number of ether oxygens (including phenoxy) is 1. The molecule has 11 heteroatoms. The molecule has 184 valence electrons. The summed E-state index contributed by atoms with van der Waals surface area (Å²) in [5.41, 5.74) is 4.00. The maximum atomic E-state index is 13.4. The van der Waals surface area contributed by atoms with Crippen LogP contribution in [0.15, 0.2) is 58.1 Å². The van der Waals surface area contributed by atoms with Crippen LogP contribution in [0.3, 0.4) is 0 Å². The highest BCUT2D eigenvalue weighted by molar-refractivity contribution is 5.80. The van der Waals surface area contributed by atoms with Crippen molar-refractivity contribution in [2.24, 2.45) is 0 Å². The lowest BCUT2D eigenvalue weighted by atomic mass is 9.98. The van der Waals surface area contributed by atoms with Gasteiger partial charge in [0.05, 0.1) is 13.2 Å². The minimum atomic E-state index is -0.373. The summed E-state index contributed by atoms with van der Waals surface area (Å²) < 4.78 is 9.74. The molecule has 0 aliphatic carbocycles. The van der Waals surface area contributed by atoms with E-state index in [4.69, 9.17) is 4.74 Å². The lowest BCUT2D eigenvalue weighted by Crippen LogP contribution is -2.41. The van der Waals surface area contributed by atoms with Crippen LogP contribution in [-0.2, 0) is 24.4 Å². The van der Waals surface area contributed by atoms with Gasteiger partial charge in [-0.2, -0.15) is 0 Å². The third-order valence-electron chi connectivity index (χ3n) is 6.27. The Morgan fingerprint density at radius 1 is 0.972 bits per heavy atom. The molecule has 0 fully saturated rings. The van der Waals surface area contributed by atoms with Crippen molar-refractivity contribution < 1.29 is 4.74 Å². The van der Waals surface area contributed by atoms with Crippen LogP contribution < -0.4 is 11.2 Å². The molecule has 0 radical (unpaired) electrons. The topological polar surface area (TPSA) is 126 Å². The van der Waals surface area contributed by atoms with Crippen molar-refractivity contribution in [1.82, 2.24) is 39.3 Å². The van der Waals surface area contributed by atoms with Crippen molar-refractivity contribution >= 4 is 11.2 Å². The third kappa shape index (κ3) is 4.03. The van der Waals surface area contributed by atoms with Gasteiger partial charge in [-0.3, -0.25) is 13.9 Å². The minimum Gasteiger partial charge on any atom is -0.383 e. The molecule has 0 saturated carbocycles. The lowest BCUT2D eigenvalue weighted by Gasteiger charge is -2.12. The van der Waals surface area contributed by atoms with Crippen molar-refractivity contribution in [2.45, 2.75) is 33.5 Å². The number of methoxy groups -OCH3 is 1. The molecule has 0 atom stereocenters. The number of hydrogen-bond acceptors (Lipinski definition) is 7. The number of hydrogen-bond donors (Lipinski definition) is 1. The van der Waals surface area contributed by atoms with E-state index in [1.807, 2.05) is 66.9 Å². The second-order valence-corrected chi connectivity index (χ2v) is 8.39. The number of fused-ring (bicyclic) bond motifs is 1. The maximum absolute atomic E-state index is 13.4. The van der Waals surface area contributed by atoms with E-state index in [0.29, 0.717) is 35.9 Å². The fourth-order valence-electron chi connectivity index (χ4n) is 4.44. The first kappa shape index (κ1) is 23.4. The van der Waals surface area contributed by atoms with E-state index in [1.54, 1.807) is 7.11 Å². The van der Waals surface area contributed by atoms with Gasteiger partial charge in [0.1, 0.15) is 5.82 Å². The summed E-state index contributed by atoms with van der Waals surface area (Å²) >= 11 is 0. The summed E-state index contributed by atoms with van der Waals surface area (Å²) in [4.78, 5) is 30.8. The maximum Gasteiger partial charge on any atom is 0.332 e. The van der Waals surface area contributed by atoms with Crippen molar-refractivity contribution in [1.29, 1.82) is 0 Å². The molecule has 11 nitrogen and oxygen atoms in total. The number of tetrazole rings is 1. The Hall–Kier alpha value is -4.38. The van der Waals surface area contributed by atoms with Gasteiger partial charge in [-0.15, -0.1) is 5.10 Å². The van der Waals surface area contributed by atoms with Crippen LogP contribution in [0, 0.1) is 6.92 Å². The van der Waals surface area contributed by atoms with E-state index >= 15 is 0 Å². The molecule has 0 spiro atoms. The van der Waals surface area contributed by atoms with E-state index in [1.165, 1.54) is 9.13 Å². The number of aromatic nitrogens is 8. The molecule has 1 N–H and O–H groups in total. The monoisotopic (exact) mass is 486 g/mol. The predicted molar refractivity (Wildman–Crippen MR) is 135 cm³/mol. The molecular weight excluding hydrogens is 460 g/mol. The van der Waals surface area contributed by atoms with Gasteiger partial charge in [0.25, 0.3) is 5.56 Å². The van der Waals surface area contributed by atoms with Crippen LogP contribution >= 0.6 is 0 Å². The summed E-state index contributed by atoms with van der Waals surface area (Å²) in [6.45, 7) is 5.02. The van der Waals surface area contributed by atoms with Crippen molar-refractivity contribution in [3.8, 4) is 22.5 Å². The smallest absolute Gasteiger partial charge is 0.332 e. The molecule has 0 bridgehead atoms. The number of benzene rings is 2. The van der Waals surface area contributed by atoms with Crippen LogP contribution in [0.1, 0.15) is 18.3 Å². The first-order valence-corrected chi connectivity index (χ1v) is 11.6. The molecule has 5 rings (SSSR count). The van der Waals surface area contributed by atoms with Crippen molar-refractivity contribution in [3.63, 3.8) is 0 Å². The van der Waals surface area contributed by atoms with Crippen LogP contribution in [-0.4, -0.2) is 53.0 Å². The first-order chi connectivity index (χ1) is 17.5. The fourth-order valence-corrected chi connectivity index (χ4v) is 4.44. The largest absolute Gasteiger partial charge is 0.383 e. The number of nitrogens with one attached hydrogen (secondary N) is 1. The fraction of sp³-hybridized carbons (Fsp3) is 0.280. The lowest BCUT2D eigenvalue weighted by molar-refractivity contribution is 0.184. The second-order valence-electron chi connectivity index (χ2n) is 8.39. The molecule has 36 heavy (non-hydrogen) atoms. The number of aromatic amines is 1. The number of H-pyrrole nitrogens is 1. The van der Waals surface area contributed by atoms with Gasteiger partial charge >= 0.3 is 5.69 Å². The Morgan fingerprint density at radius 3 is 2.39 bits per heavy atom. The summed E-state index contributed by atoms with van der Waals surface area (Å²) in [5, 5.41) is 14.2. The normalized spacial score (nSPS) is 11.4. The minimum absolute atomic E-state index is 0.184. The molecule has 5 aromatic rings. The zero-order valence-electron chi connectivity index (χ0n) is 20.3. The SMILES string of the molecule is CCn1c(=O)n(CCOC)c(=O)c2c1nc(C)n2Cc1ccc(-c2ccccc2-c2nnn[nH]2)cc1. The summed E-state index contributed by atoms with van der Waals surface area (Å²) in [5.74, 6) is 1.27. The highest BCUT2D eigenvalue weighted by Crippen LogP contribution is 2.30. The molecule has 3 heterocycles. The summed E-state index contributed by atoms with van der Waals surface area (Å²) in [6, 6.07) is 16.0. The van der Waals surface area contributed by atoms with Gasteiger partial charge in [0.15, 0.2) is 17.0 Å². The van der Waals surface area contributed by atoms with Crippen LogP contribution in [0.25, 0.3) is 33.7 Å². The van der Waals surface area contributed by atoms with Gasteiger partial charge < -0.3 is 9.30 Å². The molecule has 0 aliphatic rings. The zero-order valence-corrected chi connectivity index (χ0v) is 20.3. The van der Waals surface area contributed by atoms with E-state index < -0.39 is 0 Å². The first-order valence-electron chi connectivity index (χ1n) is 11.6. The van der Waals surface area contributed by atoms with E-state index in [2.05, 4.69) is 25.6 Å². The predicted octanol–water partition coefficient (Wildman–Crippen LogP) is 2.23. The van der Waals surface area contributed by atoms with Gasteiger partial charge in [-0.25, -0.2) is 14.9 Å². The number of rotatable bonds is 8. The second kappa shape index (κ2) is 9.70. The number of nitrogens with zero attached hydrogens (tertiary/aromatic N) is 7. The van der Waals surface area contributed by atoms with Crippen LogP contribution in [0.2, 0.25) is 0 Å². The molecule has 0 amide bonds. The highest BCUT2D eigenvalue weighted by Gasteiger charge is 2.20. The Bertz CT molecular complexity index is 1630. The van der Waals surface area contributed by atoms with Gasteiger partial charge in [-0.05, 0) is 41.0 Å². The molecule has 0 aliphatic heterocycles. The van der Waals surface area contributed by atoms with E-state index in [-0.39, 0.29) is 24.4 Å². The Kier molecular flexibility index (Phi) is 6.30. The van der Waals surface area contributed by atoms with Crippen LogP contribution in [0.5, 0.6) is 0 Å². The Balaban J connectivity index is 1.54. The van der Waals surface area contributed by atoms with E-state index in [9.17, 15) is 9.59 Å². The molecule has 3 aromatic heterocycles. The summed E-state index contributed by atoms with van der Waals surface area (Å²) in [7, 11) is 1.54. The van der Waals surface area contributed by atoms with Crippen molar-refractivity contribution in [2.75, 3.05) is 13.7 Å².